The van der Waals surface area contributed by atoms with E-state index in [1.54, 1.807) is 0 Å². The van der Waals surface area contributed by atoms with Gasteiger partial charge in [-0.25, -0.2) is 4.98 Å². The summed E-state index contributed by atoms with van der Waals surface area (Å²) in [6.45, 7) is 3.93. The van der Waals surface area contributed by atoms with Gasteiger partial charge < -0.3 is 5.32 Å². The second-order valence-corrected chi connectivity index (χ2v) is 8.52. The molecule has 158 valence electrons. The molecule has 0 bridgehead atoms. The number of hydrogen-bond donors (Lipinski definition) is 1. The number of carbonyl (C=O) groups is 1. The molecule has 0 saturated carbocycles. The number of benzene rings is 2. The predicted molar refractivity (Wildman–Crippen MR) is 124 cm³/mol. The van der Waals surface area contributed by atoms with Crippen LogP contribution in [0.3, 0.4) is 0 Å². The molecule has 7 heteroatoms. The summed E-state index contributed by atoms with van der Waals surface area (Å²) in [5.74, 6) is -0.202. The summed E-state index contributed by atoms with van der Waals surface area (Å²) in [4.78, 5) is 29.8. The first kappa shape index (κ1) is 20.9. The van der Waals surface area contributed by atoms with Crippen molar-refractivity contribution < 1.29 is 4.79 Å². The summed E-state index contributed by atoms with van der Waals surface area (Å²) in [6, 6.07) is 18.1. The third-order valence-electron chi connectivity index (χ3n) is 5.17. The molecule has 1 amide bonds. The monoisotopic (exact) mass is 432 g/mol. The zero-order chi connectivity index (χ0) is 21.8. The molecule has 0 aliphatic carbocycles. The fourth-order valence-electron chi connectivity index (χ4n) is 3.53. The maximum Gasteiger partial charge on any atom is 0.273 e. The highest BCUT2D eigenvalue weighted by atomic mass is 32.1. The second kappa shape index (κ2) is 9.22. The average molecular weight is 433 g/mol. The Morgan fingerprint density at radius 2 is 1.97 bits per heavy atom. The minimum atomic E-state index is -0.242. The summed E-state index contributed by atoms with van der Waals surface area (Å²) in [5.41, 5.74) is 4.32. The summed E-state index contributed by atoms with van der Waals surface area (Å²) in [5, 5.41) is 2.97. The van der Waals surface area contributed by atoms with Gasteiger partial charge in [0.05, 0.1) is 6.33 Å². The Bertz CT molecular complexity index is 1260. The van der Waals surface area contributed by atoms with E-state index >= 15 is 0 Å². The summed E-state index contributed by atoms with van der Waals surface area (Å²) < 4.78 is 6.26. The van der Waals surface area contributed by atoms with Crippen molar-refractivity contribution in [1.82, 2.24) is 19.2 Å². The van der Waals surface area contributed by atoms with Crippen LogP contribution in [0.4, 0.5) is 0 Å². The Hall–Kier alpha value is -3.32. The fraction of sp³-hybridized carbons (Fsp3) is 0.250. The van der Waals surface area contributed by atoms with Crippen LogP contribution in [0.1, 0.15) is 24.5 Å². The van der Waals surface area contributed by atoms with Gasteiger partial charge in [-0.3, -0.25) is 14.2 Å². The Balaban J connectivity index is 1.44. The van der Waals surface area contributed by atoms with E-state index in [1.807, 2.05) is 56.3 Å². The van der Waals surface area contributed by atoms with Crippen molar-refractivity contribution in [2.75, 3.05) is 0 Å². The Morgan fingerprint density at radius 3 is 2.74 bits per heavy atom. The molecule has 6 nitrogen and oxygen atoms in total. The normalized spacial score (nSPS) is 12.1. The van der Waals surface area contributed by atoms with Gasteiger partial charge in [-0.05, 0) is 49.9 Å². The smallest absolute Gasteiger partial charge is 0.273 e. The summed E-state index contributed by atoms with van der Waals surface area (Å²) in [6.07, 6.45) is 3.15. The molecule has 4 rings (SSSR count). The number of rotatable bonds is 7. The van der Waals surface area contributed by atoms with E-state index < -0.39 is 0 Å². The van der Waals surface area contributed by atoms with E-state index in [-0.39, 0.29) is 24.1 Å². The maximum absolute atomic E-state index is 12.9. The van der Waals surface area contributed by atoms with Crippen molar-refractivity contribution >= 4 is 27.7 Å². The van der Waals surface area contributed by atoms with E-state index in [2.05, 4.69) is 26.8 Å². The van der Waals surface area contributed by atoms with Crippen LogP contribution >= 0.6 is 11.5 Å². The lowest BCUT2D eigenvalue weighted by Crippen LogP contribution is -2.37. The maximum atomic E-state index is 12.9. The van der Waals surface area contributed by atoms with Crippen LogP contribution in [-0.2, 0) is 17.8 Å². The number of hydrogen-bond acceptors (Lipinski definition) is 5. The molecular weight excluding hydrogens is 408 g/mol. The van der Waals surface area contributed by atoms with E-state index in [1.165, 1.54) is 16.5 Å². The molecular formula is C24H24N4O2S. The van der Waals surface area contributed by atoms with Gasteiger partial charge in [0.15, 0.2) is 0 Å². The number of fused-ring (bicyclic) bond motifs is 1. The Labute approximate surface area is 184 Å². The molecule has 1 unspecified atom stereocenters. The molecule has 0 fully saturated rings. The van der Waals surface area contributed by atoms with Gasteiger partial charge in [-0.15, -0.1) is 0 Å². The third kappa shape index (κ3) is 4.88. The van der Waals surface area contributed by atoms with E-state index in [0.717, 1.165) is 35.5 Å². The highest BCUT2D eigenvalue weighted by Crippen LogP contribution is 2.27. The molecule has 2 aromatic heterocycles. The van der Waals surface area contributed by atoms with Crippen LogP contribution in [0.5, 0.6) is 0 Å². The quantitative estimate of drug-likeness (QED) is 0.479. The van der Waals surface area contributed by atoms with Gasteiger partial charge in [0, 0.05) is 11.6 Å². The van der Waals surface area contributed by atoms with Crippen LogP contribution in [0.2, 0.25) is 0 Å². The molecule has 31 heavy (non-hydrogen) atoms. The van der Waals surface area contributed by atoms with E-state index in [0.29, 0.717) is 15.9 Å². The molecule has 1 N–H and O–H groups in total. The van der Waals surface area contributed by atoms with E-state index in [4.69, 9.17) is 0 Å². The fourth-order valence-corrected chi connectivity index (χ4v) is 4.33. The number of aromatic nitrogens is 3. The topological polar surface area (TPSA) is 76.9 Å². The summed E-state index contributed by atoms with van der Waals surface area (Å²) >= 11 is 1.12. The van der Waals surface area contributed by atoms with Gasteiger partial charge in [-0.1, -0.05) is 54.1 Å². The number of aryl methyl sites for hydroxylation is 2. The average Bonchev–Trinajstić information content (AvgIpc) is 3.20. The first-order valence-corrected chi connectivity index (χ1v) is 11.0. The summed E-state index contributed by atoms with van der Waals surface area (Å²) in [7, 11) is 0. The molecule has 4 aromatic rings. The molecule has 0 saturated heterocycles. The van der Waals surface area contributed by atoms with Gasteiger partial charge in [0.1, 0.15) is 22.5 Å². The minimum Gasteiger partial charge on any atom is -0.352 e. The molecule has 1 atom stereocenters. The van der Waals surface area contributed by atoms with Crippen molar-refractivity contribution in [3.8, 4) is 11.3 Å². The lowest BCUT2D eigenvalue weighted by Gasteiger charge is -2.14. The minimum absolute atomic E-state index is 0.0106. The molecule has 0 aliphatic rings. The zero-order valence-electron chi connectivity index (χ0n) is 17.5. The Morgan fingerprint density at radius 1 is 1.16 bits per heavy atom. The van der Waals surface area contributed by atoms with E-state index in [9.17, 15) is 9.59 Å². The van der Waals surface area contributed by atoms with Crippen LogP contribution < -0.4 is 10.9 Å². The number of amides is 1. The van der Waals surface area contributed by atoms with Crippen LogP contribution in [0.15, 0.2) is 65.7 Å². The predicted octanol–water partition coefficient (Wildman–Crippen LogP) is 3.97. The van der Waals surface area contributed by atoms with Crippen LogP contribution in [-0.4, -0.2) is 25.9 Å². The second-order valence-electron chi connectivity index (χ2n) is 7.75. The standard InChI is InChI=1S/C24H24N4O2S/c1-16-7-6-10-19(13-16)21-22-23(31-27-21)24(30)28(15-25-22)14-20(29)26-17(2)11-12-18-8-4-3-5-9-18/h3-10,13,15,17H,11-12,14H2,1-2H3,(H,26,29). The van der Waals surface area contributed by atoms with Gasteiger partial charge >= 0.3 is 0 Å². The van der Waals surface area contributed by atoms with Crippen LogP contribution in [0, 0.1) is 6.92 Å². The number of carbonyl (C=O) groups excluding carboxylic acids is 1. The van der Waals surface area contributed by atoms with Gasteiger partial charge in [-0.2, -0.15) is 4.37 Å². The van der Waals surface area contributed by atoms with Gasteiger partial charge in [0.2, 0.25) is 5.91 Å². The molecule has 0 radical (unpaired) electrons. The van der Waals surface area contributed by atoms with Crippen molar-refractivity contribution in [3.63, 3.8) is 0 Å². The Kier molecular flexibility index (Phi) is 6.23. The van der Waals surface area contributed by atoms with Crippen LogP contribution in [0.25, 0.3) is 21.5 Å². The number of nitrogens with zero attached hydrogens (tertiary/aromatic N) is 3. The first-order valence-electron chi connectivity index (χ1n) is 10.3. The first-order chi connectivity index (χ1) is 15.0. The highest BCUT2D eigenvalue weighted by molar-refractivity contribution is 7.13. The largest absolute Gasteiger partial charge is 0.352 e. The van der Waals surface area contributed by atoms with Crippen molar-refractivity contribution in [2.45, 2.75) is 39.3 Å². The van der Waals surface area contributed by atoms with Gasteiger partial charge in [0.25, 0.3) is 5.56 Å². The number of nitrogens with one attached hydrogen (secondary N) is 1. The highest BCUT2D eigenvalue weighted by Gasteiger charge is 2.16. The lowest BCUT2D eigenvalue weighted by molar-refractivity contribution is -0.122. The lowest BCUT2D eigenvalue weighted by atomic mass is 10.1. The van der Waals surface area contributed by atoms with Crippen molar-refractivity contribution in [2.24, 2.45) is 0 Å². The molecule has 0 aliphatic heterocycles. The molecule has 2 heterocycles. The molecule has 0 spiro atoms. The van der Waals surface area contributed by atoms with Crippen molar-refractivity contribution in [1.29, 1.82) is 0 Å². The molecule has 2 aromatic carbocycles. The SMILES string of the molecule is Cc1cccc(-c2nsc3c(=O)n(CC(=O)NC(C)CCc4ccccc4)cnc23)c1. The zero-order valence-corrected chi connectivity index (χ0v) is 18.4. The third-order valence-corrected chi connectivity index (χ3v) is 6.00. The van der Waals surface area contributed by atoms with Crippen molar-refractivity contribution in [3.05, 3.63) is 82.4 Å².